The number of carbonyl (C=O) groups is 1. The monoisotopic (exact) mass is 332 g/mol. The van der Waals surface area contributed by atoms with E-state index >= 15 is 0 Å². The Labute approximate surface area is 136 Å². The van der Waals surface area contributed by atoms with Crippen LogP contribution >= 0.6 is 0 Å². The molecule has 2 rings (SSSR count). The molecule has 2 aromatic rings. The number of hydrogen-bond donors (Lipinski definition) is 2. The summed E-state index contributed by atoms with van der Waals surface area (Å²) >= 11 is 0. The molecule has 0 bridgehead atoms. The van der Waals surface area contributed by atoms with Crippen LogP contribution in [0.25, 0.3) is 0 Å². The number of para-hydroxylation sites is 1. The Morgan fingerprint density at radius 1 is 1.09 bits per heavy atom. The number of benzene rings is 2. The Balaban J connectivity index is 2.21. The first-order valence-electron chi connectivity index (χ1n) is 7.34. The number of rotatable bonds is 6. The molecule has 0 aliphatic rings. The van der Waals surface area contributed by atoms with Gasteiger partial charge in [0, 0.05) is 19.2 Å². The van der Waals surface area contributed by atoms with Crippen molar-refractivity contribution in [2.24, 2.45) is 0 Å². The summed E-state index contributed by atoms with van der Waals surface area (Å²) in [5, 5.41) is 5.72. The van der Waals surface area contributed by atoms with Gasteiger partial charge in [0.15, 0.2) is 9.84 Å². The highest BCUT2D eigenvalue weighted by Crippen LogP contribution is 2.22. The Morgan fingerprint density at radius 2 is 1.83 bits per heavy atom. The van der Waals surface area contributed by atoms with Gasteiger partial charge in [-0.05, 0) is 29.8 Å². The molecule has 0 aromatic heterocycles. The minimum atomic E-state index is -3.29. The summed E-state index contributed by atoms with van der Waals surface area (Å²) < 4.78 is 24.2. The quantitative estimate of drug-likeness (QED) is 0.852. The first kappa shape index (κ1) is 17.0. The lowest BCUT2D eigenvalue weighted by Crippen LogP contribution is -2.18. The summed E-state index contributed by atoms with van der Waals surface area (Å²) in [5.74, 6) is -0.0986. The maximum atomic E-state index is 12.1. The predicted molar refractivity (Wildman–Crippen MR) is 91.3 cm³/mol. The highest BCUT2D eigenvalue weighted by molar-refractivity contribution is 7.91. The number of nitrogens with one attached hydrogen (secondary N) is 2. The van der Waals surface area contributed by atoms with E-state index in [1.807, 2.05) is 6.07 Å². The van der Waals surface area contributed by atoms with Crippen molar-refractivity contribution in [1.82, 2.24) is 5.32 Å². The van der Waals surface area contributed by atoms with Crippen LogP contribution in [-0.4, -0.2) is 27.1 Å². The molecule has 2 aromatic carbocycles. The van der Waals surface area contributed by atoms with E-state index in [1.165, 1.54) is 0 Å². The summed E-state index contributed by atoms with van der Waals surface area (Å²) in [7, 11) is -1.70. The van der Waals surface area contributed by atoms with Crippen LogP contribution in [0.15, 0.2) is 53.4 Å². The SMILES string of the molecule is CCS(=O)(=O)c1ccccc1NCc1cccc(C(=O)NC)c1. The largest absolute Gasteiger partial charge is 0.380 e. The van der Waals surface area contributed by atoms with Crippen LogP contribution in [0.5, 0.6) is 0 Å². The fourth-order valence-corrected chi connectivity index (χ4v) is 3.28. The lowest BCUT2D eigenvalue weighted by Gasteiger charge is -2.12. The molecule has 0 fully saturated rings. The summed E-state index contributed by atoms with van der Waals surface area (Å²) in [6.07, 6.45) is 0. The van der Waals surface area contributed by atoms with Crippen LogP contribution in [-0.2, 0) is 16.4 Å². The van der Waals surface area contributed by atoms with Crippen molar-refractivity contribution in [3.05, 3.63) is 59.7 Å². The average Bonchev–Trinajstić information content (AvgIpc) is 2.59. The van der Waals surface area contributed by atoms with Crippen molar-refractivity contribution in [3.63, 3.8) is 0 Å². The van der Waals surface area contributed by atoms with Crippen molar-refractivity contribution in [2.45, 2.75) is 18.4 Å². The molecule has 0 aliphatic carbocycles. The zero-order valence-electron chi connectivity index (χ0n) is 13.2. The summed E-state index contributed by atoms with van der Waals surface area (Å²) in [4.78, 5) is 11.9. The minimum absolute atomic E-state index is 0.0534. The van der Waals surface area contributed by atoms with Crippen LogP contribution in [0.3, 0.4) is 0 Å². The average molecular weight is 332 g/mol. The summed E-state index contributed by atoms with van der Waals surface area (Å²) in [6.45, 7) is 2.06. The van der Waals surface area contributed by atoms with E-state index in [4.69, 9.17) is 0 Å². The van der Waals surface area contributed by atoms with Gasteiger partial charge in [-0.1, -0.05) is 31.2 Å². The van der Waals surface area contributed by atoms with Gasteiger partial charge >= 0.3 is 0 Å². The molecular formula is C17H20N2O3S. The Bertz CT molecular complexity index is 801. The van der Waals surface area contributed by atoms with Gasteiger partial charge in [-0.15, -0.1) is 0 Å². The first-order valence-corrected chi connectivity index (χ1v) is 9.00. The van der Waals surface area contributed by atoms with Crippen LogP contribution < -0.4 is 10.6 Å². The molecule has 6 heteroatoms. The van der Waals surface area contributed by atoms with E-state index in [-0.39, 0.29) is 11.7 Å². The van der Waals surface area contributed by atoms with Crippen molar-refractivity contribution in [1.29, 1.82) is 0 Å². The van der Waals surface area contributed by atoms with Gasteiger partial charge in [-0.3, -0.25) is 4.79 Å². The highest BCUT2D eigenvalue weighted by Gasteiger charge is 2.15. The third-order valence-corrected chi connectivity index (χ3v) is 5.29. The van der Waals surface area contributed by atoms with Gasteiger partial charge in [-0.2, -0.15) is 0 Å². The van der Waals surface area contributed by atoms with Crippen LogP contribution in [0.4, 0.5) is 5.69 Å². The van der Waals surface area contributed by atoms with E-state index in [0.29, 0.717) is 22.7 Å². The zero-order chi connectivity index (χ0) is 16.9. The highest BCUT2D eigenvalue weighted by atomic mass is 32.2. The standard InChI is InChI=1S/C17H20N2O3S/c1-3-23(21,22)16-10-5-4-9-15(16)19-12-13-7-6-8-14(11-13)17(20)18-2/h4-11,19H,3,12H2,1-2H3,(H,18,20). The Hall–Kier alpha value is -2.34. The van der Waals surface area contributed by atoms with Gasteiger partial charge in [0.05, 0.1) is 16.3 Å². The Morgan fingerprint density at radius 3 is 2.52 bits per heavy atom. The third-order valence-electron chi connectivity index (χ3n) is 3.50. The van der Waals surface area contributed by atoms with E-state index in [1.54, 1.807) is 56.4 Å². The predicted octanol–water partition coefficient (Wildman–Crippen LogP) is 2.45. The smallest absolute Gasteiger partial charge is 0.251 e. The molecule has 0 spiro atoms. The van der Waals surface area contributed by atoms with Gasteiger partial charge < -0.3 is 10.6 Å². The van der Waals surface area contributed by atoms with Gasteiger partial charge in [0.25, 0.3) is 5.91 Å². The first-order chi connectivity index (χ1) is 11.0. The van der Waals surface area contributed by atoms with E-state index < -0.39 is 9.84 Å². The second-order valence-corrected chi connectivity index (χ2v) is 7.28. The molecule has 0 saturated carbocycles. The number of sulfone groups is 1. The summed E-state index contributed by atoms with van der Waals surface area (Å²) in [6, 6.07) is 14.0. The Kier molecular flexibility index (Phi) is 5.39. The number of carbonyl (C=O) groups excluding carboxylic acids is 1. The fourth-order valence-electron chi connectivity index (χ4n) is 2.20. The van der Waals surface area contributed by atoms with Gasteiger partial charge in [0.2, 0.25) is 0 Å². The molecule has 2 N–H and O–H groups in total. The topological polar surface area (TPSA) is 75.3 Å². The maximum absolute atomic E-state index is 12.1. The number of amides is 1. The third kappa shape index (κ3) is 4.10. The fraction of sp³-hybridized carbons (Fsp3) is 0.235. The number of anilines is 1. The molecular weight excluding hydrogens is 312 g/mol. The minimum Gasteiger partial charge on any atom is -0.380 e. The molecule has 0 radical (unpaired) electrons. The van der Waals surface area contributed by atoms with Gasteiger partial charge in [-0.25, -0.2) is 8.42 Å². The second-order valence-electron chi connectivity index (χ2n) is 5.03. The maximum Gasteiger partial charge on any atom is 0.251 e. The van der Waals surface area contributed by atoms with Crippen molar-refractivity contribution in [3.8, 4) is 0 Å². The van der Waals surface area contributed by atoms with Gasteiger partial charge in [0.1, 0.15) is 0 Å². The molecule has 122 valence electrons. The molecule has 5 nitrogen and oxygen atoms in total. The molecule has 0 unspecified atom stereocenters. The van der Waals surface area contributed by atoms with E-state index in [9.17, 15) is 13.2 Å². The summed E-state index contributed by atoms with van der Waals surface area (Å²) in [5.41, 5.74) is 2.04. The molecule has 1 amide bonds. The second kappa shape index (κ2) is 7.28. The lowest BCUT2D eigenvalue weighted by atomic mass is 10.1. The molecule has 0 atom stereocenters. The normalized spacial score (nSPS) is 11.0. The number of hydrogen-bond acceptors (Lipinski definition) is 4. The zero-order valence-corrected chi connectivity index (χ0v) is 14.0. The molecule has 0 saturated heterocycles. The van der Waals surface area contributed by atoms with Crippen LogP contribution in [0, 0.1) is 0 Å². The van der Waals surface area contributed by atoms with Crippen molar-refractivity contribution < 1.29 is 13.2 Å². The van der Waals surface area contributed by atoms with Crippen molar-refractivity contribution in [2.75, 3.05) is 18.1 Å². The van der Waals surface area contributed by atoms with E-state index in [0.717, 1.165) is 5.56 Å². The van der Waals surface area contributed by atoms with E-state index in [2.05, 4.69) is 10.6 Å². The molecule has 0 aliphatic heterocycles. The molecule has 23 heavy (non-hydrogen) atoms. The van der Waals surface area contributed by atoms with Crippen LogP contribution in [0.1, 0.15) is 22.8 Å². The van der Waals surface area contributed by atoms with Crippen molar-refractivity contribution >= 4 is 21.4 Å². The van der Waals surface area contributed by atoms with Crippen LogP contribution in [0.2, 0.25) is 0 Å². The lowest BCUT2D eigenvalue weighted by molar-refractivity contribution is 0.0963. The molecule has 0 heterocycles.